The molecule has 1 aromatic carbocycles. The Balaban J connectivity index is 0.00000210. The van der Waals surface area contributed by atoms with Gasteiger partial charge in [-0.05, 0) is 32.8 Å². The number of fused-ring (bicyclic) bond motifs is 1. The smallest absolute Gasteiger partial charge is 0.341 e. The van der Waals surface area contributed by atoms with E-state index in [4.69, 9.17) is 0 Å². The third-order valence-corrected chi connectivity index (χ3v) is 5.36. The van der Waals surface area contributed by atoms with E-state index in [-0.39, 0.29) is 41.0 Å². The van der Waals surface area contributed by atoms with Crippen molar-refractivity contribution in [3.05, 3.63) is 39.4 Å². The molecule has 146 valence electrons. The molecule has 27 heavy (non-hydrogen) atoms. The predicted octanol–water partition coefficient (Wildman–Crippen LogP) is 2.70. The second-order valence-electron chi connectivity index (χ2n) is 7.35. The molecule has 0 radical (unpaired) electrons. The van der Waals surface area contributed by atoms with Gasteiger partial charge in [0.25, 0.3) is 0 Å². The molecule has 2 aromatic rings. The molecule has 1 unspecified atom stereocenters. The Hall–Kier alpha value is -2.12. The van der Waals surface area contributed by atoms with Gasteiger partial charge in [-0.2, -0.15) is 0 Å². The minimum Gasteiger partial charge on any atom is -0.477 e. The number of aryl methyl sites for hydroxylation is 1. The summed E-state index contributed by atoms with van der Waals surface area (Å²) in [5.41, 5.74) is 0.436. The lowest BCUT2D eigenvalue weighted by Crippen LogP contribution is -2.49. The van der Waals surface area contributed by atoms with Gasteiger partial charge in [0.2, 0.25) is 5.43 Å². The van der Waals surface area contributed by atoms with Crippen molar-refractivity contribution in [3.63, 3.8) is 0 Å². The molecule has 0 spiro atoms. The van der Waals surface area contributed by atoms with Gasteiger partial charge in [0.15, 0.2) is 0 Å². The van der Waals surface area contributed by atoms with Crippen molar-refractivity contribution >= 4 is 35.0 Å². The van der Waals surface area contributed by atoms with Crippen LogP contribution in [0.5, 0.6) is 0 Å². The van der Waals surface area contributed by atoms with Crippen molar-refractivity contribution < 1.29 is 14.3 Å². The minimum atomic E-state index is -1.27. The van der Waals surface area contributed by atoms with Crippen LogP contribution in [0.2, 0.25) is 0 Å². The van der Waals surface area contributed by atoms with Crippen LogP contribution in [0.1, 0.15) is 41.7 Å². The molecule has 1 aliphatic carbocycles. The number of piperazine rings is 1. The number of carbonyl (C=O) groups is 1. The van der Waals surface area contributed by atoms with Crippen LogP contribution in [0.25, 0.3) is 10.9 Å². The molecule has 1 saturated heterocycles. The first-order valence-electron chi connectivity index (χ1n) is 8.98. The first-order valence-corrected chi connectivity index (χ1v) is 8.98. The summed E-state index contributed by atoms with van der Waals surface area (Å²) in [6.45, 7) is 5.76. The van der Waals surface area contributed by atoms with Gasteiger partial charge in [0.05, 0.1) is 16.6 Å². The molecule has 1 saturated carbocycles. The number of nitrogens with zero attached hydrogens (tertiary/aromatic N) is 2. The highest BCUT2D eigenvalue weighted by Crippen LogP contribution is 2.39. The van der Waals surface area contributed by atoms with Crippen molar-refractivity contribution in [2.24, 2.45) is 0 Å². The third-order valence-electron chi connectivity index (χ3n) is 5.36. The lowest BCUT2D eigenvalue weighted by molar-refractivity contribution is 0.0695. The number of hydrogen-bond acceptors (Lipinski definition) is 4. The average molecular weight is 396 g/mol. The molecule has 1 aromatic heterocycles. The molecule has 2 heterocycles. The summed E-state index contributed by atoms with van der Waals surface area (Å²) in [5, 5.41) is 12.9. The SMILES string of the molecule is Cc1c(F)c(N2CCNC(C)C2)cc2c1c(=O)c(C(=O)O)cn2C1CC1.Cl. The van der Waals surface area contributed by atoms with Crippen molar-refractivity contribution in [1.82, 2.24) is 9.88 Å². The summed E-state index contributed by atoms with van der Waals surface area (Å²) in [6.07, 6.45) is 3.30. The quantitative estimate of drug-likeness (QED) is 0.835. The summed E-state index contributed by atoms with van der Waals surface area (Å²) in [6, 6.07) is 2.15. The van der Waals surface area contributed by atoms with E-state index < -0.39 is 17.2 Å². The highest BCUT2D eigenvalue weighted by atomic mass is 35.5. The van der Waals surface area contributed by atoms with Crippen LogP contribution in [0.15, 0.2) is 17.1 Å². The number of nitrogens with one attached hydrogen (secondary N) is 1. The molecule has 2 fully saturated rings. The zero-order valence-electron chi connectivity index (χ0n) is 15.3. The largest absolute Gasteiger partial charge is 0.477 e. The molecule has 8 heteroatoms. The van der Waals surface area contributed by atoms with Gasteiger partial charge >= 0.3 is 5.97 Å². The number of aromatic carboxylic acids is 1. The van der Waals surface area contributed by atoms with E-state index in [2.05, 4.69) is 12.2 Å². The summed E-state index contributed by atoms with van der Waals surface area (Å²) < 4.78 is 17.0. The standard InChI is InChI=1S/C19H22FN3O3.ClH/c1-10-8-22(6-5-21-10)15-7-14-16(11(2)17(15)20)18(24)13(19(25)26)9-23(14)12-3-4-12;/h7,9-10,12,21H,3-6,8H2,1-2H3,(H,25,26);1H. The Labute approximate surface area is 162 Å². The molecule has 1 aliphatic heterocycles. The van der Waals surface area contributed by atoms with Crippen molar-refractivity contribution in [2.45, 2.75) is 38.8 Å². The zero-order valence-corrected chi connectivity index (χ0v) is 16.1. The highest BCUT2D eigenvalue weighted by molar-refractivity contribution is 5.95. The van der Waals surface area contributed by atoms with E-state index in [9.17, 15) is 14.7 Å². The first-order chi connectivity index (χ1) is 12.4. The number of carboxylic acids is 1. The predicted molar refractivity (Wildman–Crippen MR) is 105 cm³/mol. The summed E-state index contributed by atoms with van der Waals surface area (Å²) in [4.78, 5) is 26.2. The average Bonchev–Trinajstić information content (AvgIpc) is 3.42. The van der Waals surface area contributed by atoms with Crippen LogP contribution in [-0.2, 0) is 0 Å². The lowest BCUT2D eigenvalue weighted by atomic mass is 10.0. The molecule has 2 aliphatic rings. The van der Waals surface area contributed by atoms with E-state index in [0.29, 0.717) is 24.3 Å². The highest BCUT2D eigenvalue weighted by Gasteiger charge is 2.29. The number of rotatable bonds is 3. The summed E-state index contributed by atoms with van der Waals surface area (Å²) in [5.74, 6) is -1.71. The molecule has 6 nitrogen and oxygen atoms in total. The van der Waals surface area contributed by atoms with Crippen LogP contribution >= 0.6 is 12.4 Å². The molecular weight excluding hydrogens is 373 g/mol. The fourth-order valence-corrected chi connectivity index (χ4v) is 3.84. The van der Waals surface area contributed by atoms with Gasteiger partial charge in [-0.25, -0.2) is 9.18 Å². The monoisotopic (exact) mass is 395 g/mol. The van der Waals surface area contributed by atoms with Gasteiger partial charge in [-0.1, -0.05) is 0 Å². The van der Waals surface area contributed by atoms with Gasteiger partial charge in [0.1, 0.15) is 11.4 Å². The first kappa shape index (κ1) is 19.6. The Kier molecular flexibility index (Phi) is 5.18. The third kappa shape index (κ3) is 3.30. The van der Waals surface area contributed by atoms with E-state index >= 15 is 4.39 Å². The number of benzene rings is 1. The number of aromatic nitrogens is 1. The second-order valence-corrected chi connectivity index (χ2v) is 7.35. The number of hydrogen-bond donors (Lipinski definition) is 2. The Morgan fingerprint density at radius 1 is 1.37 bits per heavy atom. The molecule has 4 rings (SSSR count). The maximum absolute atomic E-state index is 15.1. The lowest BCUT2D eigenvalue weighted by Gasteiger charge is -2.34. The maximum atomic E-state index is 15.1. The summed E-state index contributed by atoms with van der Waals surface area (Å²) >= 11 is 0. The topological polar surface area (TPSA) is 74.6 Å². The van der Waals surface area contributed by atoms with Crippen molar-refractivity contribution in [2.75, 3.05) is 24.5 Å². The molecular formula is C19H23ClFN3O3. The van der Waals surface area contributed by atoms with Gasteiger partial charge < -0.3 is 19.9 Å². The number of anilines is 1. The van der Waals surface area contributed by atoms with Crippen molar-refractivity contribution in [1.29, 1.82) is 0 Å². The van der Waals surface area contributed by atoms with E-state index in [1.54, 1.807) is 13.0 Å². The molecule has 0 bridgehead atoms. The van der Waals surface area contributed by atoms with Crippen molar-refractivity contribution in [3.8, 4) is 0 Å². The Bertz CT molecular complexity index is 971. The van der Waals surface area contributed by atoms with Gasteiger partial charge in [0, 0.05) is 43.5 Å². The molecule has 0 amide bonds. The Morgan fingerprint density at radius 3 is 2.67 bits per heavy atom. The fraction of sp³-hybridized carbons (Fsp3) is 0.474. The molecule has 1 atom stereocenters. The van der Waals surface area contributed by atoms with Crippen LogP contribution in [0.4, 0.5) is 10.1 Å². The fourth-order valence-electron chi connectivity index (χ4n) is 3.84. The van der Waals surface area contributed by atoms with Gasteiger partial charge in [-0.3, -0.25) is 4.79 Å². The Morgan fingerprint density at radius 2 is 2.07 bits per heavy atom. The van der Waals surface area contributed by atoms with Crippen LogP contribution < -0.4 is 15.6 Å². The normalized spacial score (nSPS) is 19.8. The number of carboxylic acid groups (broad SMARTS) is 1. The van der Waals surface area contributed by atoms with E-state index in [1.165, 1.54) is 6.20 Å². The van der Waals surface area contributed by atoms with E-state index in [1.807, 2.05) is 9.47 Å². The van der Waals surface area contributed by atoms with Gasteiger partial charge in [-0.15, -0.1) is 12.4 Å². The minimum absolute atomic E-state index is 0. The molecule has 2 N–H and O–H groups in total. The van der Waals surface area contributed by atoms with Crippen LogP contribution in [-0.4, -0.2) is 41.3 Å². The van der Waals surface area contributed by atoms with E-state index in [0.717, 1.165) is 19.4 Å². The summed E-state index contributed by atoms with van der Waals surface area (Å²) in [7, 11) is 0. The number of halogens is 2. The number of pyridine rings is 1. The van der Waals surface area contributed by atoms with Crippen LogP contribution in [0, 0.1) is 12.7 Å². The maximum Gasteiger partial charge on any atom is 0.341 e. The zero-order chi connectivity index (χ0) is 18.6. The second kappa shape index (κ2) is 7.13. The van der Waals surface area contributed by atoms with Crippen LogP contribution in [0.3, 0.4) is 0 Å².